The maximum atomic E-state index is 12.8. The Labute approximate surface area is 140 Å². The molecule has 25 heavy (non-hydrogen) atoms. The molecule has 0 saturated carbocycles. The summed E-state index contributed by atoms with van der Waals surface area (Å²) in [4.78, 5) is 8.16. The Hall–Kier alpha value is -2.50. The summed E-state index contributed by atoms with van der Waals surface area (Å²) in [6.45, 7) is 1.49. The average Bonchev–Trinajstić information content (AvgIpc) is 3.07. The second kappa shape index (κ2) is 5.51. The molecule has 134 valence electrons. The Kier molecular flexibility index (Phi) is 3.82. The van der Waals surface area contributed by atoms with E-state index in [1.165, 1.54) is 36.5 Å². The van der Waals surface area contributed by atoms with Crippen LogP contribution >= 0.6 is 0 Å². The summed E-state index contributed by atoms with van der Waals surface area (Å²) in [6, 6.07) is 0.767. The van der Waals surface area contributed by atoms with Crippen LogP contribution in [0.25, 0.3) is 22.7 Å². The van der Waals surface area contributed by atoms with Crippen molar-refractivity contribution in [3.63, 3.8) is 0 Å². The number of sulfone groups is 1. The summed E-state index contributed by atoms with van der Waals surface area (Å²) in [5.41, 5.74) is -1.08. The highest BCUT2D eigenvalue weighted by molar-refractivity contribution is 7.91. The summed E-state index contributed by atoms with van der Waals surface area (Å²) in [5, 5.41) is 6.66. The molecule has 0 unspecified atom stereocenters. The molecular formula is C13H13F3N6O2S. The highest BCUT2D eigenvalue weighted by atomic mass is 32.2. The van der Waals surface area contributed by atoms with Crippen LogP contribution in [-0.4, -0.2) is 43.5 Å². The average molecular weight is 374 g/mol. The van der Waals surface area contributed by atoms with Gasteiger partial charge >= 0.3 is 6.18 Å². The number of aromatic nitrogens is 6. The second-order valence-electron chi connectivity index (χ2n) is 5.34. The molecule has 0 saturated heterocycles. The fourth-order valence-corrected chi connectivity index (χ4v) is 3.61. The van der Waals surface area contributed by atoms with E-state index in [9.17, 15) is 21.6 Å². The van der Waals surface area contributed by atoms with Gasteiger partial charge in [0.1, 0.15) is 11.2 Å². The minimum Gasteiger partial charge on any atom is -0.324 e. The van der Waals surface area contributed by atoms with Crippen molar-refractivity contribution in [2.24, 2.45) is 14.1 Å². The summed E-state index contributed by atoms with van der Waals surface area (Å²) in [7, 11) is -0.598. The Morgan fingerprint density at radius 3 is 2.48 bits per heavy atom. The number of alkyl halides is 3. The minimum absolute atomic E-state index is 0.0506. The third-order valence-corrected chi connectivity index (χ3v) is 5.51. The second-order valence-corrected chi connectivity index (χ2v) is 7.54. The zero-order chi connectivity index (χ0) is 18.6. The van der Waals surface area contributed by atoms with Crippen LogP contribution in [0.1, 0.15) is 12.6 Å². The molecule has 0 radical (unpaired) electrons. The highest BCUT2D eigenvalue weighted by Gasteiger charge is 2.34. The van der Waals surface area contributed by atoms with Gasteiger partial charge in [0.15, 0.2) is 32.0 Å². The molecule has 12 heteroatoms. The molecule has 8 nitrogen and oxygen atoms in total. The van der Waals surface area contributed by atoms with Crippen molar-refractivity contribution in [1.29, 1.82) is 0 Å². The van der Waals surface area contributed by atoms with Gasteiger partial charge in [-0.2, -0.15) is 13.2 Å². The number of halogens is 3. The molecule has 0 aliphatic heterocycles. The summed E-state index contributed by atoms with van der Waals surface area (Å²) >= 11 is 0. The van der Waals surface area contributed by atoms with Crippen LogP contribution in [0, 0.1) is 0 Å². The smallest absolute Gasteiger partial charge is 0.324 e. The molecule has 0 aliphatic rings. The monoisotopic (exact) mass is 374 g/mol. The van der Waals surface area contributed by atoms with E-state index in [1.807, 2.05) is 0 Å². The van der Waals surface area contributed by atoms with Crippen LogP contribution in [0.5, 0.6) is 0 Å². The van der Waals surface area contributed by atoms with Crippen molar-refractivity contribution >= 4 is 21.0 Å². The van der Waals surface area contributed by atoms with E-state index < -0.39 is 21.7 Å². The van der Waals surface area contributed by atoms with Crippen LogP contribution in [0.2, 0.25) is 0 Å². The first-order chi connectivity index (χ1) is 11.6. The lowest BCUT2D eigenvalue weighted by molar-refractivity contribution is -0.141. The van der Waals surface area contributed by atoms with E-state index >= 15 is 0 Å². The van der Waals surface area contributed by atoms with Crippen molar-refractivity contribution in [2.45, 2.75) is 18.1 Å². The summed E-state index contributed by atoms with van der Waals surface area (Å²) < 4.78 is 65.7. The Morgan fingerprint density at radius 2 is 1.88 bits per heavy atom. The van der Waals surface area contributed by atoms with Crippen molar-refractivity contribution in [3.8, 4) is 11.5 Å². The predicted molar refractivity (Wildman–Crippen MR) is 81.2 cm³/mol. The molecule has 0 aromatic carbocycles. The molecule has 3 aromatic rings. The number of nitrogens with zero attached hydrogens (tertiary/aromatic N) is 6. The molecule has 0 bridgehead atoms. The fraction of sp³-hybridized carbons (Fsp3) is 0.385. The largest absolute Gasteiger partial charge is 0.435 e. The molecule has 0 spiro atoms. The molecule has 3 aromatic heterocycles. The van der Waals surface area contributed by atoms with Gasteiger partial charge in [-0.15, -0.1) is 10.2 Å². The van der Waals surface area contributed by atoms with E-state index in [1.54, 1.807) is 0 Å². The van der Waals surface area contributed by atoms with Gasteiger partial charge < -0.3 is 9.13 Å². The van der Waals surface area contributed by atoms with Gasteiger partial charge in [0.25, 0.3) is 0 Å². The van der Waals surface area contributed by atoms with Crippen molar-refractivity contribution in [3.05, 3.63) is 18.1 Å². The third-order valence-electron chi connectivity index (χ3n) is 3.68. The van der Waals surface area contributed by atoms with Crippen LogP contribution in [-0.2, 0) is 30.1 Å². The zero-order valence-electron chi connectivity index (χ0n) is 13.4. The van der Waals surface area contributed by atoms with E-state index in [2.05, 4.69) is 20.2 Å². The van der Waals surface area contributed by atoms with Crippen molar-refractivity contribution < 1.29 is 21.6 Å². The first-order valence-electron chi connectivity index (χ1n) is 7.08. The standard InChI is InChI=1S/C13H13F3N6O2S/c1-4-25(23,24)12-9(17-6-21(12)2)11-18-7-5-8(13(14,15)16)19-20-10(7)22(11)3/h5-6H,4H2,1-3H3. The molecule has 0 amide bonds. The van der Waals surface area contributed by atoms with Crippen LogP contribution in [0.15, 0.2) is 17.4 Å². The predicted octanol–water partition coefficient (Wildman–Crippen LogP) is 1.58. The number of rotatable bonds is 3. The quantitative estimate of drug-likeness (QED) is 0.691. The Morgan fingerprint density at radius 1 is 1.20 bits per heavy atom. The molecular weight excluding hydrogens is 361 g/mol. The molecule has 0 atom stereocenters. The van der Waals surface area contributed by atoms with Gasteiger partial charge in [-0.1, -0.05) is 6.92 Å². The maximum absolute atomic E-state index is 12.8. The van der Waals surface area contributed by atoms with Gasteiger partial charge in [-0.3, -0.25) is 0 Å². The van der Waals surface area contributed by atoms with Crippen LogP contribution in [0.4, 0.5) is 13.2 Å². The lowest BCUT2D eigenvalue weighted by Gasteiger charge is -2.06. The minimum atomic E-state index is -4.65. The molecule has 0 fully saturated rings. The van der Waals surface area contributed by atoms with Gasteiger partial charge in [0, 0.05) is 20.2 Å². The first kappa shape index (κ1) is 17.3. The molecule has 0 aliphatic carbocycles. The molecule has 0 N–H and O–H groups in total. The SMILES string of the molecule is CCS(=O)(=O)c1c(-c2nc3cc(C(F)(F)F)nnc3n2C)ncn1C. The van der Waals surface area contributed by atoms with Gasteiger partial charge in [0.2, 0.25) is 0 Å². The molecule has 3 heterocycles. The van der Waals surface area contributed by atoms with Crippen LogP contribution < -0.4 is 0 Å². The maximum Gasteiger partial charge on any atom is 0.435 e. The zero-order valence-corrected chi connectivity index (χ0v) is 14.2. The van der Waals surface area contributed by atoms with E-state index in [0.29, 0.717) is 0 Å². The topological polar surface area (TPSA) is 95.6 Å². The molecule has 3 rings (SSSR count). The van der Waals surface area contributed by atoms with Gasteiger partial charge in [-0.05, 0) is 0 Å². The first-order valence-corrected chi connectivity index (χ1v) is 8.73. The Balaban J connectivity index is 2.27. The number of fused-ring (bicyclic) bond motifs is 1. The summed E-state index contributed by atoms with van der Waals surface area (Å²) in [5.74, 6) is -0.0575. The summed E-state index contributed by atoms with van der Waals surface area (Å²) in [6.07, 6.45) is -3.34. The number of hydrogen-bond donors (Lipinski definition) is 0. The third kappa shape index (κ3) is 2.75. The highest BCUT2D eigenvalue weighted by Crippen LogP contribution is 2.31. The number of aryl methyl sites for hydroxylation is 2. The number of imidazole rings is 2. The van der Waals surface area contributed by atoms with Crippen molar-refractivity contribution in [2.75, 3.05) is 5.75 Å². The van der Waals surface area contributed by atoms with Crippen LogP contribution in [0.3, 0.4) is 0 Å². The lowest BCUT2D eigenvalue weighted by atomic mass is 10.3. The van der Waals surface area contributed by atoms with Crippen molar-refractivity contribution in [1.82, 2.24) is 29.3 Å². The van der Waals surface area contributed by atoms with Gasteiger partial charge in [-0.25, -0.2) is 18.4 Å². The normalized spacial score (nSPS) is 12.9. The fourth-order valence-electron chi connectivity index (χ4n) is 2.41. The Bertz CT molecular complexity index is 1070. The van der Waals surface area contributed by atoms with E-state index in [0.717, 1.165) is 6.07 Å². The van der Waals surface area contributed by atoms with E-state index in [-0.39, 0.29) is 33.5 Å². The lowest BCUT2D eigenvalue weighted by Crippen LogP contribution is -2.11. The number of hydrogen-bond acceptors (Lipinski definition) is 6. The van der Waals surface area contributed by atoms with E-state index in [4.69, 9.17) is 0 Å². The van der Waals surface area contributed by atoms with Gasteiger partial charge in [0.05, 0.1) is 12.1 Å².